The number of hydrogen-bond donors (Lipinski definition) is 2. The predicted octanol–water partition coefficient (Wildman–Crippen LogP) is 2.18. The van der Waals surface area contributed by atoms with Crippen LogP contribution < -0.4 is 0 Å². The molecule has 1 aliphatic rings. The van der Waals surface area contributed by atoms with Crippen LogP contribution in [0.1, 0.15) is 55.8 Å². The fraction of sp³-hybridized carbons (Fsp3) is 0.615. The topological polar surface area (TPSA) is 95.5 Å². The Morgan fingerprint density at radius 2 is 2.20 bits per heavy atom. The second kappa shape index (κ2) is 5.15. The van der Waals surface area contributed by atoms with Crippen LogP contribution in [0.2, 0.25) is 0 Å². The van der Waals surface area contributed by atoms with Gasteiger partial charge in [0.15, 0.2) is 5.69 Å². The lowest BCUT2D eigenvalue weighted by Gasteiger charge is -2.28. The molecule has 1 aromatic rings. The van der Waals surface area contributed by atoms with Gasteiger partial charge in [-0.05, 0) is 39.7 Å². The van der Waals surface area contributed by atoms with E-state index in [1.54, 1.807) is 4.90 Å². The lowest BCUT2D eigenvalue weighted by Crippen LogP contribution is -2.36. The van der Waals surface area contributed by atoms with Crippen LogP contribution in [0.15, 0.2) is 6.07 Å². The molecule has 0 aliphatic carbocycles. The summed E-state index contributed by atoms with van der Waals surface area (Å²) in [4.78, 5) is 24.6. The second-order valence-electron chi connectivity index (χ2n) is 5.85. The number of likely N-dealkylation sites (tertiary alicyclic amines) is 1. The van der Waals surface area contributed by atoms with Crippen LogP contribution in [0.25, 0.3) is 0 Å². The van der Waals surface area contributed by atoms with E-state index < -0.39 is 11.6 Å². The molecule has 20 heavy (non-hydrogen) atoms. The molecule has 1 amide bonds. The maximum Gasteiger partial charge on any atom is 0.410 e. The number of ether oxygens (including phenoxy) is 1. The molecule has 0 saturated carbocycles. The summed E-state index contributed by atoms with van der Waals surface area (Å²) in [6, 6.07) is 1.26. The highest BCUT2D eigenvalue weighted by molar-refractivity contribution is 5.85. The molecule has 1 saturated heterocycles. The molecule has 0 spiro atoms. The zero-order valence-electron chi connectivity index (χ0n) is 11.8. The van der Waals surface area contributed by atoms with Gasteiger partial charge in [-0.2, -0.15) is 5.10 Å². The number of aromatic nitrogens is 2. The average Bonchev–Trinajstić information content (AvgIpc) is 2.95. The van der Waals surface area contributed by atoms with E-state index in [0.717, 1.165) is 12.8 Å². The van der Waals surface area contributed by atoms with Crippen molar-refractivity contribution in [2.75, 3.05) is 6.54 Å². The number of nitrogens with zero attached hydrogens (tertiary/aromatic N) is 2. The van der Waals surface area contributed by atoms with Crippen molar-refractivity contribution in [3.8, 4) is 0 Å². The van der Waals surface area contributed by atoms with Crippen molar-refractivity contribution in [1.82, 2.24) is 15.1 Å². The molecule has 1 fully saturated rings. The third-order valence-electron chi connectivity index (χ3n) is 3.06. The van der Waals surface area contributed by atoms with Gasteiger partial charge in [0, 0.05) is 6.54 Å². The Bertz CT molecular complexity index is 518. The Balaban J connectivity index is 2.14. The Labute approximate surface area is 116 Å². The van der Waals surface area contributed by atoms with Crippen LogP contribution in [0.3, 0.4) is 0 Å². The minimum absolute atomic E-state index is 0.0453. The van der Waals surface area contributed by atoms with Crippen LogP contribution in [0, 0.1) is 0 Å². The number of amides is 1. The standard InChI is InChI=1S/C13H19N3O4/c1-13(2,3)20-12(19)16-6-4-5-10(16)8-7-9(11(17)18)15-14-8/h7,10H,4-6H2,1-3H3,(H,14,15)(H,17,18)/t10-/m0/s1. The number of rotatable bonds is 2. The summed E-state index contributed by atoms with van der Waals surface area (Å²) in [5, 5.41) is 15.3. The van der Waals surface area contributed by atoms with Gasteiger partial charge < -0.3 is 9.84 Å². The van der Waals surface area contributed by atoms with Crippen LogP contribution in [-0.4, -0.2) is 44.4 Å². The molecular formula is C13H19N3O4. The SMILES string of the molecule is CC(C)(C)OC(=O)N1CCC[C@H]1c1cc(C(=O)O)n[nH]1. The van der Waals surface area contributed by atoms with Gasteiger partial charge in [-0.3, -0.25) is 10.00 Å². The highest BCUT2D eigenvalue weighted by atomic mass is 16.6. The number of carboxylic acids is 1. The molecule has 0 bridgehead atoms. The minimum Gasteiger partial charge on any atom is -0.476 e. The van der Waals surface area contributed by atoms with Crippen LogP contribution >= 0.6 is 0 Å². The van der Waals surface area contributed by atoms with Crippen molar-refractivity contribution in [3.63, 3.8) is 0 Å². The van der Waals surface area contributed by atoms with Crippen molar-refractivity contribution >= 4 is 12.1 Å². The zero-order valence-corrected chi connectivity index (χ0v) is 11.8. The van der Waals surface area contributed by atoms with Gasteiger partial charge in [-0.15, -0.1) is 0 Å². The first-order chi connectivity index (χ1) is 9.28. The summed E-state index contributed by atoms with van der Waals surface area (Å²) in [5.74, 6) is -1.09. The molecule has 2 heterocycles. The smallest absolute Gasteiger partial charge is 0.410 e. The van der Waals surface area contributed by atoms with Crippen molar-refractivity contribution in [2.45, 2.75) is 45.3 Å². The third-order valence-corrected chi connectivity index (χ3v) is 3.06. The van der Waals surface area contributed by atoms with E-state index in [-0.39, 0.29) is 17.8 Å². The maximum atomic E-state index is 12.1. The quantitative estimate of drug-likeness (QED) is 0.866. The molecule has 110 valence electrons. The number of carboxylic acid groups (broad SMARTS) is 1. The summed E-state index contributed by atoms with van der Waals surface area (Å²) < 4.78 is 5.36. The molecule has 2 N–H and O–H groups in total. The Morgan fingerprint density at radius 3 is 2.75 bits per heavy atom. The van der Waals surface area contributed by atoms with E-state index in [2.05, 4.69) is 10.2 Å². The molecule has 0 aromatic carbocycles. The number of aromatic carboxylic acids is 1. The first-order valence-corrected chi connectivity index (χ1v) is 6.56. The van der Waals surface area contributed by atoms with E-state index in [1.807, 2.05) is 20.8 Å². The Morgan fingerprint density at radius 1 is 1.50 bits per heavy atom. The summed E-state index contributed by atoms with van der Waals surface area (Å²) in [7, 11) is 0. The highest BCUT2D eigenvalue weighted by Gasteiger charge is 2.34. The number of carbonyl (C=O) groups excluding carboxylic acids is 1. The first-order valence-electron chi connectivity index (χ1n) is 6.56. The zero-order chi connectivity index (χ0) is 14.9. The lowest BCUT2D eigenvalue weighted by molar-refractivity contribution is 0.0221. The summed E-state index contributed by atoms with van der Waals surface area (Å²) in [6.45, 7) is 6.04. The minimum atomic E-state index is -1.09. The second-order valence-corrected chi connectivity index (χ2v) is 5.85. The van der Waals surface area contributed by atoms with E-state index in [4.69, 9.17) is 9.84 Å². The predicted molar refractivity (Wildman–Crippen MR) is 70.5 cm³/mol. The van der Waals surface area contributed by atoms with E-state index in [1.165, 1.54) is 6.07 Å². The summed E-state index contributed by atoms with van der Waals surface area (Å²) in [6.07, 6.45) is 1.23. The number of hydrogen-bond acceptors (Lipinski definition) is 4. The fourth-order valence-corrected chi connectivity index (χ4v) is 2.25. The van der Waals surface area contributed by atoms with Crippen molar-refractivity contribution in [1.29, 1.82) is 0 Å². The van der Waals surface area contributed by atoms with Crippen molar-refractivity contribution < 1.29 is 19.4 Å². The Kier molecular flexibility index (Phi) is 3.69. The van der Waals surface area contributed by atoms with Gasteiger partial charge in [0.25, 0.3) is 0 Å². The Hall–Kier alpha value is -2.05. The van der Waals surface area contributed by atoms with Gasteiger partial charge in [0.2, 0.25) is 0 Å². The molecule has 7 nitrogen and oxygen atoms in total. The number of nitrogens with one attached hydrogen (secondary N) is 1. The van der Waals surface area contributed by atoms with Crippen LogP contribution in [0.4, 0.5) is 4.79 Å². The molecular weight excluding hydrogens is 262 g/mol. The molecule has 0 radical (unpaired) electrons. The number of carbonyl (C=O) groups is 2. The molecule has 1 atom stereocenters. The normalized spacial score (nSPS) is 19.1. The maximum absolute atomic E-state index is 12.1. The molecule has 2 rings (SSSR count). The summed E-state index contributed by atoms with van der Waals surface area (Å²) in [5.41, 5.74) is 0.0338. The van der Waals surface area contributed by atoms with Gasteiger partial charge in [-0.25, -0.2) is 9.59 Å². The van der Waals surface area contributed by atoms with Crippen molar-refractivity contribution in [3.05, 3.63) is 17.5 Å². The summed E-state index contributed by atoms with van der Waals surface area (Å²) >= 11 is 0. The van der Waals surface area contributed by atoms with Gasteiger partial charge in [0.1, 0.15) is 5.60 Å². The van der Waals surface area contributed by atoms with Crippen LogP contribution in [-0.2, 0) is 4.74 Å². The van der Waals surface area contributed by atoms with Crippen LogP contribution in [0.5, 0.6) is 0 Å². The van der Waals surface area contributed by atoms with E-state index in [0.29, 0.717) is 12.2 Å². The molecule has 7 heteroatoms. The lowest BCUT2D eigenvalue weighted by atomic mass is 10.1. The van der Waals surface area contributed by atoms with E-state index in [9.17, 15) is 9.59 Å². The number of aromatic amines is 1. The van der Waals surface area contributed by atoms with Crippen molar-refractivity contribution in [2.24, 2.45) is 0 Å². The molecule has 0 unspecified atom stereocenters. The van der Waals surface area contributed by atoms with Gasteiger partial charge in [0.05, 0.1) is 11.7 Å². The fourth-order valence-electron chi connectivity index (χ4n) is 2.25. The third kappa shape index (κ3) is 3.09. The first kappa shape index (κ1) is 14.4. The average molecular weight is 281 g/mol. The monoisotopic (exact) mass is 281 g/mol. The largest absolute Gasteiger partial charge is 0.476 e. The molecule has 1 aromatic heterocycles. The van der Waals surface area contributed by atoms with E-state index >= 15 is 0 Å². The van der Waals surface area contributed by atoms with Gasteiger partial charge >= 0.3 is 12.1 Å². The molecule has 1 aliphatic heterocycles. The number of H-pyrrole nitrogens is 1. The van der Waals surface area contributed by atoms with Gasteiger partial charge in [-0.1, -0.05) is 0 Å². The highest BCUT2D eigenvalue weighted by Crippen LogP contribution is 2.32.